The Morgan fingerprint density at radius 3 is 3.00 bits per heavy atom. The van der Waals surface area contributed by atoms with E-state index in [4.69, 9.17) is 9.15 Å². The SMILES string of the molecule is CN=C(NC1C2CCOC2C12CCC2)N(C)Cc1ccco1. The van der Waals surface area contributed by atoms with Gasteiger partial charge in [-0.25, -0.2) is 0 Å². The summed E-state index contributed by atoms with van der Waals surface area (Å²) in [6.45, 7) is 1.66. The Hall–Kier alpha value is -1.49. The first-order valence-electron chi connectivity index (χ1n) is 8.33. The summed E-state index contributed by atoms with van der Waals surface area (Å²) in [4.78, 5) is 6.61. The van der Waals surface area contributed by atoms with Crippen molar-refractivity contribution in [2.45, 2.75) is 44.4 Å². The topological polar surface area (TPSA) is 50.0 Å². The van der Waals surface area contributed by atoms with E-state index < -0.39 is 0 Å². The molecule has 5 nitrogen and oxygen atoms in total. The Kier molecular flexibility index (Phi) is 3.40. The minimum Gasteiger partial charge on any atom is -0.467 e. The average Bonchev–Trinajstić information content (AvgIpc) is 3.09. The van der Waals surface area contributed by atoms with E-state index in [2.05, 4.69) is 22.3 Å². The van der Waals surface area contributed by atoms with Crippen molar-refractivity contribution in [2.24, 2.45) is 16.3 Å². The van der Waals surface area contributed by atoms with Crippen molar-refractivity contribution in [3.63, 3.8) is 0 Å². The highest BCUT2D eigenvalue weighted by molar-refractivity contribution is 5.80. The van der Waals surface area contributed by atoms with Crippen LogP contribution in [0, 0.1) is 11.3 Å². The summed E-state index contributed by atoms with van der Waals surface area (Å²) in [5, 5.41) is 3.73. The fraction of sp³-hybridized carbons (Fsp3) is 0.706. The van der Waals surface area contributed by atoms with Gasteiger partial charge in [-0.1, -0.05) is 6.42 Å². The van der Waals surface area contributed by atoms with Gasteiger partial charge in [0.25, 0.3) is 0 Å². The van der Waals surface area contributed by atoms with Gasteiger partial charge >= 0.3 is 0 Å². The maximum Gasteiger partial charge on any atom is 0.194 e. The van der Waals surface area contributed by atoms with Crippen molar-refractivity contribution in [1.29, 1.82) is 0 Å². The summed E-state index contributed by atoms with van der Waals surface area (Å²) in [5.74, 6) is 2.58. The zero-order valence-electron chi connectivity index (χ0n) is 13.4. The number of nitrogens with one attached hydrogen (secondary N) is 1. The maximum atomic E-state index is 5.99. The van der Waals surface area contributed by atoms with E-state index in [9.17, 15) is 0 Å². The van der Waals surface area contributed by atoms with Crippen LogP contribution in [0.5, 0.6) is 0 Å². The van der Waals surface area contributed by atoms with Crippen LogP contribution in [0.15, 0.2) is 27.8 Å². The molecule has 3 atom stereocenters. The Morgan fingerprint density at radius 2 is 2.36 bits per heavy atom. The van der Waals surface area contributed by atoms with Gasteiger partial charge in [-0.3, -0.25) is 4.99 Å². The second-order valence-electron chi connectivity index (χ2n) is 6.94. The number of ether oxygens (including phenoxy) is 1. The summed E-state index contributed by atoms with van der Waals surface area (Å²) >= 11 is 0. The average molecular weight is 303 g/mol. The Morgan fingerprint density at radius 1 is 1.50 bits per heavy atom. The van der Waals surface area contributed by atoms with Crippen LogP contribution in [0.4, 0.5) is 0 Å². The quantitative estimate of drug-likeness (QED) is 0.687. The number of fused-ring (bicyclic) bond motifs is 2. The molecule has 5 heteroatoms. The van der Waals surface area contributed by atoms with Gasteiger partial charge in [0.1, 0.15) is 5.76 Å². The first-order valence-corrected chi connectivity index (χ1v) is 8.33. The molecule has 120 valence electrons. The van der Waals surface area contributed by atoms with E-state index in [-0.39, 0.29) is 0 Å². The molecule has 22 heavy (non-hydrogen) atoms. The molecular formula is C17H25N3O2. The summed E-state index contributed by atoms with van der Waals surface area (Å²) < 4.78 is 11.4. The van der Waals surface area contributed by atoms with E-state index in [0.29, 0.717) is 23.5 Å². The minimum absolute atomic E-state index is 0.378. The van der Waals surface area contributed by atoms with Crippen LogP contribution < -0.4 is 5.32 Å². The maximum absolute atomic E-state index is 5.99. The molecule has 3 unspecified atom stereocenters. The fourth-order valence-corrected chi connectivity index (χ4v) is 4.65. The lowest BCUT2D eigenvalue weighted by Crippen LogP contribution is -2.72. The highest BCUT2D eigenvalue weighted by atomic mass is 16.5. The van der Waals surface area contributed by atoms with Crippen molar-refractivity contribution in [3.05, 3.63) is 24.2 Å². The zero-order valence-corrected chi connectivity index (χ0v) is 13.4. The highest BCUT2D eigenvalue weighted by Crippen LogP contribution is 2.62. The monoisotopic (exact) mass is 303 g/mol. The van der Waals surface area contributed by atoms with Crippen molar-refractivity contribution in [3.8, 4) is 0 Å². The molecule has 4 rings (SSSR count). The molecule has 1 aliphatic heterocycles. The number of rotatable bonds is 3. The van der Waals surface area contributed by atoms with Crippen molar-refractivity contribution in [2.75, 3.05) is 20.7 Å². The molecule has 3 fully saturated rings. The van der Waals surface area contributed by atoms with Gasteiger partial charge in [0.2, 0.25) is 0 Å². The summed E-state index contributed by atoms with van der Waals surface area (Å²) in [6, 6.07) is 4.45. The third-order valence-electron chi connectivity index (χ3n) is 5.87. The van der Waals surface area contributed by atoms with Crippen LogP contribution in [0.3, 0.4) is 0 Å². The highest BCUT2D eigenvalue weighted by Gasteiger charge is 2.66. The Bertz CT molecular complexity index is 550. The largest absolute Gasteiger partial charge is 0.467 e. The molecule has 1 saturated heterocycles. The van der Waals surface area contributed by atoms with Crippen LogP contribution in [-0.2, 0) is 11.3 Å². The number of hydrogen-bond donors (Lipinski definition) is 1. The van der Waals surface area contributed by atoms with Crippen LogP contribution >= 0.6 is 0 Å². The molecule has 1 aromatic rings. The number of guanidine groups is 1. The van der Waals surface area contributed by atoms with Gasteiger partial charge in [0, 0.05) is 38.1 Å². The Labute approximate surface area is 131 Å². The predicted octanol–water partition coefficient (Wildman–Crippen LogP) is 2.24. The van der Waals surface area contributed by atoms with Crippen LogP contribution in [0.1, 0.15) is 31.4 Å². The van der Waals surface area contributed by atoms with Crippen molar-refractivity contribution >= 4 is 5.96 Å². The molecule has 1 N–H and O–H groups in total. The van der Waals surface area contributed by atoms with Gasteiger partial charge < -0.3 is 19.4 Å². The minimum atomic E-state index is 0.378. The predicted molar refractivity (Wildman–Crippen MR) is 84.6 cm³/mol. The molecule has 2 aliphatic carbocycles. The molecule has 3 aliphatic rings. The molecular weight excluding hydrogens is 278 g/mol. The van der Waals surface area contributed by atoms with E-state index in [1.165, 1.54) is 25.7 Å². The first-order chi connectivity index (χ1) is 10.7. The van der Waals surface area contributed by atoms with Crippen LogP contribution in [0.2, 0.25) is 0 Å². The lowest BCUT2D eigenvalue weighted by atomic mass is 9.46. The van der Waals surface area contributed by atoms with Gasteiger partial charge in [-0.15, -0.1) is 0 Å². The number of furan rings is 1. The summed E-state index contributed by atoms with van der Waals surface area (Å²) in [7, 11) is 3.92. The van der Waals surface area contributed by atoms with Crippen LogP contribution in [-0.4, -0.2) is 43.7 Å². The van der Waals surface area contributed by atoms with Crippen molar-refractivity contribution < 1.29 is 9.15 Å². The molecule has 2 heterocycles. The summed E-state index contributed by atoms with van der Waals surface area (Å²) in [6.07, 6.45) is 7.33. The zero-order chi connectivity index (χ0) is 15.2. The lowest BCUT2D eigenvalue weighted by Gasteiger charge is -2.63. The fourth-order valence-electron chi connectivity index (χ4n) is 4.65. The summed E-state index contributed by atoms with van der Waals surface area (Å²) in [5.41, 5.74) is 0.378. The Balaban J connectivity index is 1.44. The first kappa shape index (κ1) is 14.1. The third-order valence-corrected chi connectivity index (χ3v) is 5.87. The number of nitrogens with zero attached hydrogens (tertiary/aromatic N) is 2. The molecule has 0 amide bonds. The third kappa shape index (κ3) is 1.98. The number of hydrogen-bond acceptors (Lipinski definition) is 3. The van der Waals surface area contributed by atoms with Gasteiger partial charge in [0.05, 0.1) is 18.9 Å². The standard InChI is InChI=1S/C17H25N3O2/c1-18-16(20(2)11-12-5-3-9-21-12)19-14-13-6-10-22-15(13)17(14)7-4-8-17/h3,5,9,13-15H,4,6-8,10-11H2,1-2H3,(H,18,19). The van der Waals surface area contributed by atoms with E-state index in [1.54, 1.807) is 6.26 Å². The lowest BCUT2D eigenvalue weighted by molar-refractivity contribution is -0.171. The molecule has 2 saturated carbocycles. The van der Waals surface area contributed by atoms with Crippen LogP contribution in [0.25, 0.3) is 0 Å². The molecule has 0 aromatic carbocycles. The van der Waals surface area contributed by atoms with Gasteiger partial charge in [-0.05, 0) is 31.4 Å². The second kappa shape index (κ2) is 5.30. The number of aliphatic imine (C=N–C) groups is 1. The molecule has 1 spiro atoms. The van der Waals surface area contributed by atoms with Gasteiger partial charge in [-0.2, -0.15) is 0 Å². The van der Waals surface area contributed by atoms with Gasteiger partial charge in [0.15, 0.2) is 5.96 Å². The normalized spacial score (nSPS) is 32.3. The van der Waals surface area contributed by atoms with E-state index >= 15 is 0 Å². The molecule has 1 aromatic heterocycles. The molecule has 0 bridgehead atoms. The molecule has 0 radical (unpaired) electrons. The smallest absolute Gasteiger partial charge is 0.194 e. The van der Waals surface area contributed by atoms with E-state index in [1.807, 2.05) is 19.2 Å². The van der Waals surface area contributed by atoms with E-state index in [0.717, 1.165) is 24.9 Å². The van der Waals surface area contributed by atoms with Crippen molar-refractivity contribution in [1.82, 2.24) is 10.2 Å². The second-order valence-corrected chi connectivity index (χ2v) is 6.94.